The minimum absolute atomic E-state index is 0.0763. The van der Waals surface area contributed by atoms with Crippen molar-refractivity contribution in [3.05, 3.63) is 23.8 Å². The van der Waals surface area contributed by atoms with Crippen LogP contribution in [0.3, 0.4) is 0 Å². The quantitative estimate of drug-likeness (QED) is 0.634. The highest BCUT2D eigenvalue weighted by Crippen LogP contribution is 2.35. The average molecular weight is 305 g/mol. The second-order valence-corrected chi connectivity index (χ2v) is 6.65. The van der Waals surface area contributed by atoms with Crippen LogP contribution >= 0.6 is 0 Å². The fourth-order valence-electron chi connectivity index (χ4n) is 2.51. The lowest BCUT2D eigenvalue weighted by Gasteiger charge is -2.28. The van der Waals surface area contributed by atoms with Crippen LogP contribution in [0.4, 0.5) is 0 Å². The van der Waals surface area contributed by atoms with E-state index in [2.05, 4.69) is 26.0 Å². The van der Waals surface area contributed by atoms with Gasteiger partial charge in [-0.2, -0.15) is 0 Å². The van der Waals surface area contributed by atoms with Gasteiger partial charge in [0.2, 0.25) is 0 Å². The number of rotatable bonds is 3. The number of aliphatic imine (C=N–C) groups is 1. The molecule has 1 aliphatic heterocycles. The molecule has 5 nitrogen and oxygen atoms in total. The summed E-state index contributed by atoms with van der Waals surface area (Å²) in [6.45, 7) is 6.34. The van der Waals surface area contributed by atoms with E-state index in [1.54, 1.807) is 0 Å². The number of benzene rings is 1. The van der Waals surface area contributed by atoms with Crippen molar-refractivity contribution in [2.45, 2.75) is 19.3 Å². The summed E-state index contributed by atoms with van der Waals surface area (Å²) in [6.07, 6.45) is 0. The van der Waals surface area contributed by atoms with Crippen LogP contribution in [0.5, 0.6) is 11.5 Å². The average Bonchev–Trinajstić information content (AvgIpc) is 2.46. The Kier molecular flexibility index (Phi) is 4.84. The van der Waals surface area contributed by atoms with Gasteiger partial charge in [0.1, 0.15) is 13.2 Å². The lowest BCUT2D eigenvalue weighted by Crippen LogP contribution is -2.36. The number of hydrogen-bond donors (Lipinski definition) is 0. The third-order valence-electron chi connectivity index (χ3n) is 3.74. The van der Waals surface area contributed by atoms with Crippen molar-refractivity contribution in [2.75, 3.05) is 47.9 Å². The molecule has 2 rings (SSSR count). The molecule has 0 radical (unpaired) electrons. The minimum Gasteiger partial charge on any atom is -0.486 e. The minimum atomic E-state index is -0.0763. The molecule has 0 saturated carbocycles. The van der Waals surface area contributed by atoms with Gasteiger partial charge in [0.15, 0.2) is 17.5 Å². The van der Waals surface area contributed by atoms with E-state index in [0.717, 1.165) is 17.5 Å². The highest BCUT2D eigenvalue weighted by atomic mass is 16.6. The largest absolute Gasteiger partial charge is 0.486 e. The Labute approximate surface area is 133 Å². The van der Waals surface area contributed by atoms with E-state index in [4.69, 9.17) is 14.5 Å². The number of guanidine groups is 1. The maximum Gasteiger partial charge on any atom is 0.195 e. The summed E-state index contributed by atoms with van der Waals surface area (Å²) in [5.74, 6) is 2.63. The van der Waals surface area contributed by atoms with Gasteiger partial charge in [-0.3, -0.25) is 4.99 Å². The lowest BCUT2D eigenvalue weighted by atomic mass is 9.84. The van der Waals surface area contributed by atoms with E-state index in [0.29, 0.717) is 19.8 Å². The van der Waals surface area contributed by atoms with Crippen molar-refractivity contribution in [1.82, 2.24) is 9.80 Å². The Hall–Kier alpha value is -1.91. The van der Waals surface area contributed by atoms with Crippen LogP contribution in [-0.4, -0.2) is 63.7 Å². The van der Waals surface area contributed by atoms with Crippen molar-refractivity contribution in [1.29, 1.82) is 0 Å². The Bertz CT molecular complexity index is 541. The van der Waals surface area contributed by atoms with Gasteiger partial charge in [-0.05, 0) is 17.7 Å². The van der Waals surface area contributed by atoms with Crippen LogP contribution in [-0.2, 0) is 5.41 Å². The molecule has 0 saturated heterocycles. The maximum atomic E-state index is 5.68. The Morgan fingerprint density at radius 2 is 1.64 bits per heavy atom. The molecule has 1 aromatic rings. The van der Waals surface area contributed by atoms with Gasteiger partial charge in [-0.1, -0.05) is 19.9 Å². The van der Waals surface area contributed by atoms with Crippen LogP contribution in [0.15, 0.2) is 23.2 Å². The Morgan fingerprint density at radius 1 is 1.05 bits per heavy atom. The highest BCUT2D eigenvalue weighted by Gasteiger charge is 2.24. The molecule has 122 valence electrons. The van der Waals surface area contributed by atoms with Crippen molar-refractivity contribution in [3.63, 3.8) is 0 Å². The zero-order valence-corrected chi connectivity index (χ0v) is 14.5. The van der Waals surface area contributed by atoms with Crippen LogP contribution in [0.25, 0.3) is 0 Å². The third-order valence-corrected chi connectivity index (χ3v) is 3.74. The molecule has 0 fully saturated rings. The van der Waals surface area contributed by atoms with Crippen molar-refractivity contribution >= 4 is 5.96 Å². The Balaban J connectivity index is 2.21. The number of hydrogen-bond acceptors (Lipinski definition) is 3. The molecule has 0 atom stereocenters. The van der Waals surface area contributed by atoms with Gasteiger partial charge in [-0.15, -0.1) is 0 Å². The zero-order valence-electron chi connectivity index (χ0n) is 14.5. The molecule has 0 N–H and O–H groups in total. The van der Waals surface area contributed by atoms with E-state index in [1.807, 2.05) is 44.1 Å². The first-order valence-electron chi connectivity index (χ1n) is 7.60. The number of fused-ring (bicyclic) bond motifs is 1. The highest BCUT2D eigenvalue weighted by molar-refractivity contribution is 5.79. The van der Waals surface area contributed by atoms with E-state index < -0.39 is 0 Å². The summed E-state index contributed by atoms with van der Waals surface area (Å²) in [6, 6.07) is 6.18. The molecule has 0 aliphatic carbocycles. The number of nitrogens with zero attached hydrogens (tertiary/aromatic N) is 3. The van der Waals surface area contributed by atoms with Crippen LogP contribution < -0.4 is 9.47 Å². The molecule has 1 aromatic carbocycles. The molecule has 22 heavy (non-hydrogen) atoms. The fourth-order valence-corrected chi connectivity index (χ4v) is 2.51. The van der Waals surface area contributed by atoms with E-state index in [-0.39, 0.29) is 5.41 Å². The van der Waals surface area contributed by atoms with Crippen LogP contribution in [0.1, 0.15) is 19.4 Å². The molecule has 0 aromatic heterocycles. The summed E-state index contributed by atoms with van der Waals surface area (Å²) in [4.78, 5) is 8.83. The van der Waals surface area contributed by atoms with Crippen LogP contribution in [0.2, 0.25) is 0 Å². The van der Waals surface area contributed by atoms with Crippen LogP contribution in [0, 0.1) is 0 Å². The summed E-state index contributed by atoms with van der Waals surface area (Å²) in [5, 5.41) is 0. The van der Waals surface area contributed by atoms with Gasteiger partial charge in [0, 0.05) is 33.6 Å². The van der Waals surface area contributed by atoms with Gasteiger partial charge in [-0.25, -0.2) is 0 Å². The van der Waals surface area contributed by atoms with E-state index >= 15 is 0 Å². The molecular formula is C17H27N3O2. The molecule has 1 aliphatic rings. The van der Waals surface area contributed by atoms with Crippen molar-refractivity contribution in [2.24, 2.45) is 4.99 Å². The molecule has 1 heterocycles. The molecular weight excluding hydrogens is 278 g/mol. The summed E-state index contributed by atoms with van der Waals surface area (Å²) in [7, 11) is 8.04. The topological polar surface area (TPSA) is 37.3 Å². The van der Waals surface area contributed by atoms with Crippen molar-refractivity contribution < 1.29 is 9.47 Å². The molecule has 0 amide bonds. The van der Waals surface area contributed by atoms with Crippen molar-refractivity contribution in [3.8, 4) is 11.5 Å². The summed E-state index contributed by atoms with van der Waals surface area (Å²) < 4.78 is 11.3. The normalized spacial score (nSPS) is 13.5. The number of ether oxygens (including phenoxy) is 2. The zero-order chi connectivity index (χ0) is 16.3. The third kappa shape index (κ3) is 3.64. The second-order valence-electron chi connectivity index (χ2n) is 6.65. The van der Waals surface area contributed by atoms with E-state index in [9.17, 15) is 0 Å². The maximum absolute atomic E-state index is 5.68. The van der Waals surface area contributed by atoms with Gasteiger partial charge < -0.3 is 19.3 Å². The first-order chi connectivity index (χ1) is 10.3. The standard InChI is InChI=1S/C17H27N3O2/c1-17(2,12-18-16(19(3)4)20(5)6)13-7-8-14-15(11-13)22-10-9-21-14/h7-8,11H,9-10,12H2,1-6H3. The summed E-state index contributed by atoms with van der Waals surface area (Å²) in [5.41, 5.74) is 1.13. The second kappa shape index (κ2) is 6.46. The smallest absolute Gasteiger partial charge is 0.195 e. The molecule has 0 bridgehead atoms. The first-order valence-corrected chi connectivity index (χ1v) is 7.60. The predicted molar refractivity (Wildman–Crippen MR) is 90.1 cm³/mol. The van der Waals surface area contributed by atoms with Gasteiger partial charge in [0.25, 0.3) is 0 Å². The first kappa shape index (κ1) is 16.5. The summed E-state index contributed by atoms with van der Waals surface area (Å²) >= 11 is 0. The lowest BCUT2D eigenvalue weighted by molar-refractivity contribution is 0.171. The van der Waals surface area contributed by atoms with E-state index in [1.165, 1.54) is 5.56 Å². The molecule has 5 heteroatoms. The van der Waals surface area contributed by atoms with Gasteiger partial charge >= 0.3 is 0 Å². The SMILES string of the molecule is CN(C)C(=NCC(C)(C)c1ccc2c(c1)OCCO2)N(C)C. The fraction of sp³-hybridized carbons (Fsp3) is 0.588. The molecule has 0 spiro atoms. The monoisotopic (exact) mass is 305 g/mol. The molecule has 0 unspecified atom stereocenters. The predicted octanol–water partition coefficient (Wildman–Crippen LogP) is 2.21. The Morgan fingerprint density at radius 3 is 2.23 bits per heavy atom. The van der Waals surface area contributed by atoms with Gasteiger partial charge in [0.05, 0.1) is 6.54 Å².